The first-order valence-corrected chi connectivity index (χ1v) is 9.83. The molecule has 6 N–H and O–H groups in total. The minimum absolute atomic E-state index is 0.0355. The second kappa shape index (κ2) is 9.74. The molecule has 1 fully saturated rings. The second-order valence-corrected chi connectivity index (χ2v) is 6.76. The third kappa shape index (κ3) is 5.69. The minimum atomic E-state index is -0.626. The number of nitrogens with zero attached hydrogens (tertiary/aromatic N) is 6. The molecule has 0 spiro atoms. The summed E-state index contributed by atoms with van der Waals surface area (Å²) in [7, 11) is 0. The molecule has 0 aliphatic carbocycles. The first kappa shape index (κ1) is 21.0. The van der Waals surface area contributed by atoms with Crippen LogP contribution >= 0.6 is 0 Å². The Balaban J connectivity index is 1.21. The van der Waals surface area contributed by atoms with E-state index in [4.69, 9.17) is 25.5 Å². The standard InChI is InChI=1S/C18H22N10O4/c19-15-23-16(20)25-17(24-15)21-13-3-1-12(2-4-13)5-8-31-18(29)22-14-11-28(26-32-14)27-6-9-30-10-7-27/h1-4,11H,5-10H2,(H5-,19,20,21,22,23,24,25,26,29)/p+1. The van der Waals surface area contributed by atoms with Gasteiger partial charge in [-0.3, -0.25) is 9.84 Å². The van der Waals surface area contributed by atoms with Crippen molar-refractivity contribution in [3.63, 3.8) is 0 Å². The number of amides is 1. The lowest BCUT2D eigenvalue weighted by atomic mass is 10.1. The van der Waals surface area contributed by atoms with Crippen LogP contribution in [-0.4, -0.2) is 59.2 Å². The van der Waals surface area contributed by atoms with Crippen LogP contribution in [0.15, 0.2) is 35.0 Å². The second-order valence-electron chi connectivity index (χ2n) is 6.76. The maximum atomic E-state index is 12.0. The Morgan fingerprint density at radius 1 is 1.12 bits per heavy atom. The number of morpholine rings is 1. The van der Waals surface area contributed by atoms with E-state index in [-0.39, 0.29) is 30.3 Å². The molecule has 2 aromatic heterocycles. The lowest BCUT2D eigenvalue weighted by molar-refractivity contribution is -0.759. The van der Waals surface area contributed by atoms with Crippen molar-refractivity contribution in [3.05, 3.63) is 36.0 Å². The number of hydrogen-bond acceptors (Lipinski definition) is 12. The molecule has 0 unspecified atom stereocenters. The number of rotatable bonds is 7. The number of nitrogens with one attached hydrogen (secondary N) is 2. The topological polar surface area (TPSA) is 183 Å². The zero-order chi connectivity index (χ0) is 22.3. The summed E-state index contributed by atoms with van der Waals surface area (Å²) in [5.41, 5.74) is 12.8. The maximum Gasteiger partial charge on any atom is 0.414 e. The number of aromatic nitrogens is 5. The zero-order valence-corrected chi connectivity index (χ0v) is 17.1. The van der Waals surface area contributed by atoms with Crippen molar-refractivity contribution in [1.29, 1.82) is 0 Å². The number of nitrogen functional groups attached to an aromatic ring is 2. The molecule has 3 heterocycles. The summed E-state index contributed by atoms with van der Waals surface area (Å²) in [6, 6.07) is 7.45. The first-order chi connectivity index (χ1) is 15.5. The lowest BCUT2D eigenvalue weighted by Crippen LogP contribution is -2.62. The fraction of sp³-hybridized carbons (Fsp3) is 0.333. The van der Waals surface area contributed by atoms with E-state index < -0.39 is 6.09 Å². The van der Waals surface area contributed by atoms with Gasteiger partial charge >= 0.3 is 12.0 Å². The fourth-order valence-electron chi connectivity index (χ4n) is 2.93. The Hall–Kier alpha value is -4.20. The smallest absolute Gasteiger partial charge is 0.414 e. The molecule has 14 heteroatoms. The highest BCUT2D eigenvalue weighted by Gasteiger charge is 2.23. The monoisotopic (exact) mass is 443 g/mol. The quantitative estimate of drug-likeness (QED) is 0.354. The number of nitrogens with two attached hydrogens (primary N) is 2. The molecule has 0 saturated carbocycles. The van der Waals surface area contributed by atoms with Gasteiger partial charge in [-0.1, -0.05) is 12.1 Å². The lowest BCUT2D eigenvalue weighted by Gasteiger charge is -2.18. The minimum Gasteiger partial charge on any atom is -0.449 e. The van der Waals surface area contributed by atoms with Gasteiger partial charge in [-0.2, -0.15) is 15.0 Å². The highest BCUT2D eigenvalue weighted by Crippen LogP contribution is 2.15. The largest absolute Gasteiger partial charge is 0.449 e. The first-order valence-electron chi connectivity index (χ1n) is 9.83. The van der Waals surface area contributed by atoms with Crippen LogP contribution in [0, 0.1) is 0 Å². The van der Waals surface area contributed by atoms with Gasteiger partial charge in [-0.15, -0.1) is 5.01 Å². The molecule has 1 amide bonds. The van der Waals surface area contributed by atoms with Crippen LogP contribution in [0.1, 0.15) is 5.56 Å². The molecular formula is C18H23N10O4+. The van der Waals surface area contributed by atoms with Crippen molar-refractivity contribution in [3.8, 4) is 0 Å². The summed E-state index contributed by atoms with van der Waals surface area (Å²) in [5, 5.41) is 11.3. The number of carbonyl (C=O) groups excluding carboxylic acids is 1. The number of hydrogen-bond donors (Lipinski definition) is 4. The van der Waals surface area contributed by atoms with Gasteiger partial charge in [0.15, 0.2) is 0 Å². The van der Waals surface area contributed by atoms with Gasteiger partial charge < -0.3 is 26.3 Å². The molecule has 0 bridgehead atoms. The van der Waals surface area contributed by atoms with Crippen LogP contribution < -0.4 is 31.9 Å². The Labute approximate surface area is 182 Å². The van der Waals surface area contributed by atoms with E-state index in [1.165, 1.54) is 4.79 Å². The predicted molar refractivity (Wildman–Crippen MR) is 113 cm³/mol. The van der Waals surface area contributed by atoms with Gasteiger partial charge in [0.25, 0.3) is 6.20 Å². The molecule has 1 aromatic carbocycles. The normalized spacial score (nSPS) is 13.6. The summed E-state index contributed by atoms with van der Waals surface area (Å²) >= 11 is 0. The van der Waals surface area contributed by atoms with Crippen molar-refractivity contribution < 1.29 is 23.6 Å². The van der Waals surface area contributed by atoms with Crippen molar-refractivity contribution >= 4 is 35.5 Å². The fourth-order valence-corrected chi connectivity index (χ4v) is 2.93. The molecule has 1 saturated heterocycles. The van der Waals surface area contributed by atoms with Crippen molar-refractivity contribution in [2.24, 2.45) is 0 Å². The van der Waals surface area contributed by atoms with Crippen molar-refractivity contribution in [1.82, 2.24) is 20.2 Å². The summed E-state index contributed by atoms with van der Waals surface area (Å²) < 4.78 is 15.6. The van der Waals surface area contributed by atoms with E-state index in [0.717, 1.165) is 11.3 Å². The van der Waals surface area contributed by atoms with Gasteiger partial charge in [0.2, 0.25) is 23.1 Å². The van der Waals surface area contributed by atoms with E-state index in [9.17, 15) is 4.79 Å². The molecule has 32 heavy (non-hydrogen) atoms. The summed E-state index contributed by atoms with van der Waals surface area (Å²) in [5.74, 6) is 0.517. The number of benzene rings is 1. The molecule has 3 aromatic rings. The summed E-state index contributed by atoms with van der Waals surface area (Å²) in [6.07, 6.45) is 1.48. The molecule has 0 atom stereocenters. The predicted octanol–water partition coefficient (Wildman–Crippen LogP) is -0.185. The molecule has 1 aliphatic rings. The molecule has 4 rings (SSSR count). The molecule has 168 valence electrons. The van der Waals surface area contributed by atoms with Gasteiger partial charge in [0.05, 0.1) is 37.7 Å². The highest BCUT2D eigenvalue weighted by atomic mass is 16.6. The van der Waals surface area contributed by atoms with E-state index in [0.29, 0.717) is 32.7 Å². The zero-order valence-electron chi connectivity index (χ0n) is 17.1. The van der Waals surface area contributed by atoms with E-state index in [1.807, 2.05) is 29.3 Å². The average molecular weight is 443 g/mol. The third-order valence-corrected chi connectivity index (χ3v) is 4.46. The number of anilines is 5. The van der Waals surface area contributed by atoms with E-state index in [1.54, 1.807) is 6.20 Å². The SMILES string of the molecule is Nc1nc(N)nc(Nc2ccc(CCOC(=O)Nc3c[n+](N4CCOCC4)no3)cc2)n1. The Bertz CT molecular complexity index is 1030. The number of carbonyl (C=O) groups is 1. The highest BCUT2D eigenvalue weighted by molar-refractivity contribution is 5.82. The van der Waals surface area contributed by atoms with Crippen LogP contribution in [-0.2, 0) is 15.9 Å². The van der Waals surface area contributed by atoms with Crippen LogP contribution in [0.5, 0.6) is 0 Å². The van der Waals surface area contributed by atoms with E-state index in [2.05, 4.69) is 30.9 Å². The van der Waals surface area contributed by atoms with Crippen LogP contribution in [0.4, 0.5) is 34.2 Å². The van der Waals surface area contributed by atoms with E-state index >= 15 is 0 Å². The summed E-state index contributed by atoms with van der Waals surface area (Å²) in [4.78, 5) is 25.2. The maximum absolute atomic E-state index is 12.0. The molecule has 1 aliphatic heterocycles. The average Bonchev–Trinajstić information content (AvgIpc) is 3.23. The third-order valence-electron chi connectivity index (χ3n) is 4.46. The Kier molecular flexibility index (Phi) is 6.41. The van der Waals surface area contributed by atoms with Crippen LogP contribution in [0.25, 0.3) is 0 Å². The Morgan fingerprint density at radius 3 is 2.56 bits per heavy atom. The Morgan fingerprint density at radius 2 is 1.84 bits per heavy atom. The molecular weight excluding hydrogens is 420 g/mol. The van der Waals surface area contributed by atoms with Crippen molar-refractivity contribution in [2.45, 2.75) is 6.42 Å². The summed E-state index contributed by atoms with van der Waals surface area (Å²) in [6.45, 7) is 2.79. The van der Waals surface area contributed by atoms with Crippen LogP contribution in [0.3, 0.4) is 0 Å². The van der Waals surface area contributed by atoms with Gasteiger partial charge in [-0.25, -0.2) is 4.79 Å². The van der Waals surface area contributed by atoms with Crippen molar-refractivity contribution in [2.75, 3.05) is 60.0 Å². The van der Waals surface area contributed by atoms with Gasteiger partial charge in [0, 0.05) is 12.1 Å². The molecule has 0 radical (unpaired) electrons. The number of ether oxygens (including phenoxy) is 2. The van der Waals surface area contributed by atoms with Gasteiger partial charge in [-0.05, 0) is 17.7 Å². The van der Waals surface area contributed by atoms with Gasteiger partial charge in [0.1, 0.15) is 0 Å². The molecule has 14 nitrogen and oxygen atoms in total. The van der Waals surface area contributed by atoms with Crippen LogP contribution in [0.2, 0.25) is 0 Å².